The standard InChI is InChI=1S/C24H25F2N.C3H4O/c1-3-4-5-6-17-7-9-18(10-8-17)19-11-13-21(22(25)15-19)20-12-14-24(27-2)23(26)16-20;1-2-3-4/h7-16,27H,3-6H2,1-2H3;2-3H,1H2. The van der Waals surface area contributed by atoms with Crippen LogP contribution in [0.5, 0.6) is 0 Å². The molecule has 0 atom stereocenters. The highest BCUT2D eigenvalue weighted by Gasteiger charge is 2.10. The maximum atomic E-state index is 14.7. The van der Waals surface area contributed by atoms with Crippen molar-refractivity contribution in [3.8, 4) is 22.3 Å². The lowest BCUT2D eigenvalue weighted by atomic mass is 9.98. The maximum Gasteiger partial charge on any atom is 0.146 e. The number of hydrogen-bond acceptors (Lipinski definition) is 2. The Kier molecular flexibility index (Phi) is 9.63. The molecule has 0 saturated carbocycles. The smallest absolute Gasteiger partial charge is 0.146 e. The van der Waals surface area contributed by atoms with Gasteiger partial charge in [0.25, 0.3) is 0 Å². The number of carbonyl (C=O) groups excluding carboxylic acids is 1. The molecule has 162 valence electrons. The van der Waals surface area contributed by atoms with Crippen LogP contribution in [0.2, 0.25) is 0 Å². The second-order valence-electron chi connectivity index (χ2n) is 7.17. The summed E-state index contributed by atoms with van der Waals surface area (Å²) < 4.78 is 28.7. The summed E-state index contributed by atoms with van der Waals surface area (Å²) in [5.74, 6) is -0.742. The highest BCUT2D eigenvalue weighted by Crippen LogP contribution is 2.30. The number of rotatable bonds is 8. The Labute approximate surface area is 183 Å². The topological polar surface area (TPSA) is 29.1 Å². The van der Waals surface area contributed by atoms with Crippen LogP contribution in [0.15, 0.2) is 73.3 Å². The zero-order valence-corrected chi connectivity index (χ0v) is 18.1. The number of benzene rings is 3. The van der Waals surface area contributed by atoms with Gasteiger partial charge in [0.1, 0.15) is 17.9 Å². The van der Waals surface area contributed by atoms with Crippen LogP contribution in [0, 0.1) is 11.6 Å². The molecule has 3 rings (SSSR count). The molecule has 3 aromatic rings. The number of allylic oxidation sites excluding steroid dienone is 1. The molecule has 0 saturated heterocycles. The minimum absolute atomic E-state index is 0.351. The highest BCUT2D eigenvalue weighted by atomic mass is 19.1. The molecule has 0 bridgehead atoms. The molecule has 0 aliphatic heterocycles. The van der Waals surface area contributed by atoms with Gasteiger partial charge in [-0.15, -0.1) is 0 Å². The first kappa shape index (κ1) is 24.0. The summed E-state index contributed by atoms with van der Waals surface area (Å²) in [6, 6.07) is 18.1. The zero-order chi connectivity index (χ0) is 22.6. The number of nitrogens with one attached hydrogen (secondary N) is 1. The Hall–Kier alpha value is -3.27. The van der Waals surface area contributed by atoms with Gasteiger partial charge in [0.05, 0.1) is 5.69 Å². The van der Waals surface area contributed by atoms with Gasteiger partial charge in [0.2, 0.25) is 0 Å². The molecule has 0 amide bonds. The molecule has 0 aliphatic rings. The average Bonchev–Trinajstić information content (AvgIpc) is 2.80. The van der Waals surface area contributed by atoms with Crippen molar-refractivity contribution in [3.05, 3.63) is 90.5 Å². The molecule has 0 unspecified atom stereocenters. The first-order chi connectivity index (χ1) is 15.0. The Morgan fingerprint density at radius 2 is 1.48 bits per heavy atom. The molecule has 3 aromatic carbocycles. The van der Waals surface area contributed by atoms with Crippen molar-refractivity contribution in [2.45, 2.75) is 32.6 Å². The summed E-state index contributed by atoms with van der Waals surface area (Å²) in [6.45, 7) is 5.31. The van der Waals surface area contributed by atoms with Crippen LogP contribution in [0.3, 0.4) is 0 Å². The van der Waals surface area contributed by atoms with E-state index in [1.165, 1.54) is 43.0 Å². The quantitative estimate of drug-likeness (QED) is 0.233. The number of aldehydes is 1. The Bertz CT molecular complexity index is 991. The summed E-state index contributed by atoms with van der Waals surface area (Å²) in [4.78, 5) is 9.06. The predicted octanol–water partition coefficient (Wildman–Crippen LogP) is 7.44. The number of anilines is 1. The van der Waals surface area contributed by atoms with Gasteiger partial charge >= 0.3 is 0 Å². The van der Waals surface area contributed by atoms with E-state index < -0.39 is 5.82 Å². The molecule has 0 spiro atoms. The lowest BCUT2D eigenvalue weighted by molar-refractivity contribution is -0.104. The van der Waals surface area contributed by atoms with E-state index in [-0.39, 0.29) is 5.82 Å². The highest BCUT2D eigenvalue weighted by molar-refractivity contribution is 5.72. The van der Waals surface area contributed by atoms with E-state index in [2.05, 4.69) is 31.0 Å². The largest absolute Gasteiger partial charge is 0.386 e. The molecule has 2 nitrogen and oxygen atoms in total. The Balaban J connectivity index is 0.000000785. The van der Waals surface area contributed by atoms with Crippen LogP contribution in [0.4, 0.5) is 14.5 Å². The van der Waals surface area contributed by atoms with Crippen molar-refractivity contribution < 1.29 is 13.6 Å². The SMILES string of the molecule is C=CC=O.CCCCCc1ccc(-c2ccc(-c3ccc(NC)c(F)c3)c(F)c2)cc1. The van der Waals surface area contributed by atoms with Gasteiger partial charge in [-0.2, -0.15) is 0 Å². The van der Waals surface area contributed by atoms with E-state index in [1.807, 2.05) is 18.2 Å². The van der Waals surface area contributed by atoms with E-state index >= 15 is 0 Å². The maximum absolute atomic E-state index is 14.7. The van der Waals surface area contributed by atoms with E-state index in [4.69, 9.17) is 4.79 Å². The third kappa shape index (κ3) is 6.88. The second kappa shape index (κ2) is 12.4. The molecule has 0 heterocycles. The molecule has 1 N–H and O–H groups in total. The van der Waals surface area contributed by atoms with Crippen LogP contribution in [0.1, 0.15) is 31.7 Å². The van der Waals surface area contributed by atoms with Gasteiger partial charge in [-0.1, -0.05) is 68.8 Å². The van der Waals surface area contributed by atoms with Crippen molar-refractivity contribution in [3.63, 3.8) is 0 Å². The van der Waals surface area contributed by atoms with Gasteiger partial charge in [-0.3, -0.25) is 4.79 Å². The molecule has 0 aromatic heterocycles. The van der Waals surface area contributed by atoms with Gasteiger partial charge in [0, 0.05) is 12.6 Å². The summed E-state index contributed by atoms with van der Waals surface area (Å²) in [6.07, 6.45) is 6.56. The molecule has 4 heteroatoms. The summed E-state index contributed by atoms with van der Waals surface area (Å²) >= 11 is 0. The summed E-state index contributed by atoms with van der Waals surface area (Å²) in [5.41, 5.74) is 4.44. The lowest BCUT2D eigenvalue weighted by Crippen LogP contribution is -1.93. The molecular formula is C27H29F2NO. The monoisotopic (exact) mass is 421 g/mol. The van der Waals surface area contributed by atoms with E-state index in [1.54, 1.807) is 25.2 Å². The van der Waals surface area contributed by atoms with Crippen molar-refractivity contribution in [1.29, 1.82) is 0 Å². The number of unbranched alkanes of at least 4 members (excludes halogenated alkanes) is 2. The van der Waals surface area contributed by atoms with Crippen LogP contribution in [-0.4, -0.2) is 13.3 Å². The molecule has 0 fully saturated rings. The van der Waals surface area contributed by atoms with Gasteiger partial charge < -0.3 is 5.32 Å². The second-order valence-corrected chi connectivity index (χ2v) is 7.17. The molecule has 0 aliphatic carbocycles. The van der Waals surface area contributed by atoms with Gasteiger partial charge in [-0.25, -0.2) is 8.78 Å². The van der Waals surface area contributed by atoms with Crippen LogP contribution in [-0.2, 0) is 11.2 Å². The van der Waals surface area contributed by atoms with E-state index in [0.717, 1.165) is 17.5 Å². The fraction of sp³-hybridized carbons (Fsp3) is 0.222. The normalized spacial score (nSPS) is 10.1. The Morgan fingerprint density at radius 3 is 2.03 bits per heavy atom. The number of hydrogen-bond donors (Lipinski definition) is 1. The zero-order valence-electron chi connectivity index (χ0n) is 18.1. The predicted molar refractivity (Wildman–Crippen MR) is 126 cm³/mol. The fourth-order valence-electron chi connectivity index (χ4n) is 3.26. The molecule has 0 radical (unpaired) electrons. The van der Waals surface area contributed by atoms with Crippen molar-refractivity contribution in [2.24, 2.45) is 0 Å². The number of aryl methyl sites for hydroxylation is 1. The summed E-state index contributed by atoms with van der Waals surface area (Å²) in [7, 11) is 1.66. The van der Waals surface area contributed by atoms with Gasteiger partial charge in [-0.05, 0) is 59.4 Å². The Morgan fingerprint density at radius 1 is 0.871 bits per heavy atom. The van der Waals surface area contributed by atoms with Crippen molar-refractivity contribution in [2.75, 3.05) is 12.4 Å². The van der Waals surface area contributed by atoms with Crippen LogP contribution in [0.25, 0.3) is 22.3 Å². The first-order valence-corrected chi connectivity index (χ1v) is 10.5. The molecular weight excluding hydrogens is 392 g/mol. The van der Waals surface area contributed by atoms with E-state index in [0.29, 0.717) is 23.1 Å². The molecule has 31 heavy (non-hydrogen) atoms. The van der Waals surface area contributed by atoms with Crippen molar-refractivity contribution >= 4 is 12.0 Å². The third-order valence-corrected chi connectivity index (χ3v) is 4.97. The minimum atomic E-state index is -0.392. The van der Waals surface area contributed by atoms with Gasteiger partial charge in [0.15, 0.2) is 0 Å². The minimum Gasteiger partial charge on any atom is -0.386 e. The van der Waals surface area contributed by atoms with E-state index in [9.17, 15) is 8.78 Å². The third-order valence-electron chi connectivity index (χ3n) is 4.97. The number of halogens is 2. The lowest BCUT2D eigenvalue weighted by Gasteiger charge is -2.09. The van der Waals surface area contributed by atoms with Crippen LogP contribution < -0.4 is 5.32 Å². The van der Waals surface area contributed by atoms with Crippen LogP contribution >= 0.6 is 0 Å². The average molecular weight is 422 g/mol. The number of carbonyl (C=O) groups is 1. The summed E-state index contributed by atoms with van der Waals surface area (Å²) in [5, 5.41) is 2.77. The fourth-order valence-corrected chi connectivity index (χ4v) is 3.26. The van der Waals surface area contributed by atoms with Crippen molar-refractivity contribution in [1.82, 2.24) is 0 Å². The first-order valence-electron chi connectivity index (χ1n) is 10.5.